The number of guanidine groups is 1. The van der Waals surface area contributed by atoms with Gasteiger partial charge in [-0.05, 0) is 41.7 Å². The van der Waals surface area contributed by atoms with Crippen molar-refractivity contribution < 1.29 is 14.3 Å². The van der Waals surface area contributed by atoms with Crippen molar-refractivity contribution in [3.8, 4) is 5.75 Å². The summed E-state index contributed by atoms with van der Waals surface area (Å²) >= 11 is 0. The van der Waals surface area contributed by atoms with Gasteiger partial charge in [0.2, 0.25) is 11.8 Å². The normalized spacial score (nSPS) is 11.5. The Kier molecular flexibility index (Phi) is 9.45. The molecule has 0 fully saturated rings. The quantitative estimate of drug-likeness (QED) is 0.205. The summed E-state index contributed by atoms with van der Waals surface area (Å²) in [6.07, 6.45) is 0.798. The molecular weight excluding hydrogens is 454 g/mol. The highest BCUT2D eigenvalue weighted by Crippen LogP contribution is 2.29. The number of rotatable bonds is 12. The van der Waals surface area contributed by atoms with Gasteiger partial charge in [0.25, 0.3) is 0 Å². The van der Waals surface area contributed by atoms with E-state index < -0.39 is 17.9 Å². The fourth-order valence-corrected chi connectivity index (χ4v) is 4.19. The van der Waals surface area contributed by atoms with Crippen LogP contribution in [-0.4, -0.2) is 42.4 Å². The van der Waals surface area contributed by atoms with Gasteiger partial charge in [-0.25, -0.2) is 0 Å². The number of benzene rings is 3. The second-order valence-corrected chi connectivity index (χ2v) is 8.44. The van der Waals surface area contributed by atoms with Crippen LogP contribution in [0.15, 0.2) is 89.9 Å². The molecule has 0 radical (unpaired) electrons. The Hall–Kier alpha value is -4.33. The second kappa shape index (κ2) is 12.9. The molecule has 3 aromatic rings. The molecule has 8 heteroatoms. The lowest BCUT2D eigenvalue weighted by atomic mass is 9.89. The topological polar surface area (TPSA) is 137 Å². The predicted molar refractivity (Wildman–Crippen MR) is 141 cm³/mol. The highest BCUT2D eigenvalue weighted by Gasteiger charge is 2.34. The van der Waals surface area contributed by atoms with Gasteiger partial charge in [-0.3, -0.25) is 14.6 Å². The zero-order chi connectivity index (χ0) is 25.9. The SMILES string of the molecule is COc1cccc(CN(C(=O)C(c2ccccc2)c2ccccc2)[C@@H](CCCN=C(N)N)C(N)=O)c1. The molecule has 3 aromatic carbocycles. The van der Waals surface area contributed by atoms with Gasteiger partial charge in [-0.1, -0.05) is 72.8 Å². The summed E-state index contributed by atoms with van der Waals surface area (Å²) in [7, 11) is 1.58. The van der Waals surface area contributed by atoms with Gasteiger partial charge >= 0.3 is 0 Å². The van der Waals surface area contributed by atoms with Gasteiger partial charge < -0.3 is 26.8 Å². The van der Waals surface area contributed by atoms with E-state index in [1.165, 1.54) is 0 Å². The summed E-state index contributed by atoms with van der Waals surface area (Å²) in [5.41, 5.74) is 19.2. The first-order valence-electron chi connectivity index (χ1n) is 11.8. The first-order chi connectivity index (χ1) is 17.4. The minimum atomic E-state index is -0.854. The van der Waals surface area contributed by atoms with Crippen LogP contribution in [0.4, 0.5) is 0 Å². The molecule has 0 aliphatic rings. The summed E-state index contributed by atoms with van der Waals surface area (Å²) in [4.78, 5) is 32.6. The zero-order valence-corrected chi connectivity index (χ0v) is 20.4. The lowest BCUT2D eigenvalue weighted by molar-refractivity contribution is -0.141. The fourth-order valence-electron chi connectivity index (χ4n) is 4.19. The summed E-state index contributed by atoms with van der Waals surface area (Å²) in [6, 6.07) is 25.6. The number of hydrogen-bond donors (Lipinski definition) is 3. The summed E-state index contributed by atoms with van der Waals surface area (Å²) in [6.45, 7) is 0.510. The Bertz CT molecular complexity index is 1120. The number of nitrogens with two attached hydrogens (primary N) is 3. The molecule has 3 rings (SSSR count). The molecule has 6 N–H and O–H groups in total. The van der Waals surface area contributed by atoms with Crippen molar-refractivity contribution in [2.75, 3.05) is 13.7 Å². The van der Waals surface area contributed by atoms with E-state index in [2.05, 4.69) is 4.99 Å². The van der Waals surface area contributed by atoms with Crippen molar-refractivity contribution in [2.24, 2.45) is 22.2 Å². The van der Waals surface area contributed by atoms with E-state index >= 15 is 0 Å². The number of aliphatic imine (C=N–C) groups is 1. The Morgan fingerprint density at radius 3 is 2.03 bits per heavy atom. The van der Waals surface area contributed by atoms with Crippen LogP contribution in [0.2, 0.25) is 0 Å². The van der Waals surface area contributed by atoms with Crippen LogP contribution in [0.25, 0.3) is 0 Å². The maximum absolute atomic E-state index is 14.3. The Balaban J connectivity index is 2.03. The zero-order valence-electron chi connectivity index (χ0n) is 20.4. The number of ether oxygens (including phenoxy) is 1. The van der Waals surface area contributed by atoms with Crippen molar-refractivity contribution in [1.29, 1.82) is 0 Å². The highest BCUT2D eigenvalue weighted by molar-refractivity contribution is 5.92. The van der Waals surface area contributed by atoms with Crippen molar-refractivity contribution in [3.05, 3.63) is 102 Å². The number of hydrogen-bond acceptors (Lipinski definition) is 4. The van der Waals surface area contributed by atoms with Gasteiger partial charge in [0.05, 0.1) is 13.0 Å². The molecule has 0 bridgehead atoms. The maximum Gasteiger partial charge on any atom is 0.240 e. The average Bonchev–Trinajstić information content (AvgIpc) is 2.89. The van der Waals surface area contributed by atoms with Crippen LogP contribution in [0.5, 0.6) is 5.75 Å². The number of primary amides is 1. The molecule has 0 aromatic heterocycles. The maximum atomic E-state index is 14.3. The van der Waals surface area contributed by atoms with Crippen molar-refractivity contribution in [2.45, 2.75) is 31.3 Å². The molecule has 36 heavy (non-hydrogen) atoms. The van der Waals surface area contributed by atoms with Crippen LogP contribution in [-0.2, 0) is 16.1 Å². The first-order valence-corrected chi connectivity index (χ1v) is 11.8. The van der Waals surface area contributed by atoms with Crippen molar-refractivity contribution in [3.63, 3.8) is 0 Å². The molecule has 0 saturated heterocycles. The number of carbonyl (C=O) groups excluding carboxylic acids is 2. The van der Waals surface area contributed by atoms with E-state index in [1.807, 2.05) is 84.9 Å². The van der Waals surface area contributed by atoms with Crippen LogP contribution >= 0.6 is 0 Å². The van der Waals surface area contributed by atoms with E-state index in [1.54, 1.807) is 12.0 Å². The predicted octanol–water partition coefficient (Wildman–Crippen LogP) is 2.76. The van der Waals surface area contributed by atoms with Crippen LogP contribution < -0.4 is 21.9 Å². The van der Waals surface area contributed by atoms with Gasteiger partial charge in [-0.15, -0.1) is 0 Å². The van der Waals surface area contributed by atoms with Crippen LogP contribution in [0.3, 0.4) is 0 Å². The van der Waals surface area contributed by atoms with Crippen LogP contribution in [0.1, 0.15) is 35.4 Å². The molecule has 2 amide bonds. The van der Waals surface area contributed by atoms with Crippen molar-refractivity contribution in [1.82, 2.24) is 4.90 Å². The van der Waals surface area contributed by atoms with E-state index in [9.17, 15) is 9.59 Å². The second-order valence-electron chi connectivity index (χ2n) is 8.44. The largest absolute Gasteiger partial charge is 0.497 e. The lowest BCUT2D eigenvalue weighted by Crippen LogP contribution is -2.49. The molecule has 188 valence electrons. The molecule has 0 unspecified atom stereocenters. The molecule has 0 aliphatic carbocycles. The van der Waals surface area contributed by atoms with Gasteiger partial charge in [0, 0.05) is 13.1 Å². The third kappa shape index (κ3) is 7.09. The first kappa shape index (κ1) is 26.3. The monoisotopic (exact) mass is 487 g/mol. The molecule has 0 heterocycles. The van der Waals surface area contributed by atoms with E-state index in [-0.39, 0.29) is 18.4 Å². The minimum absolute atomic E-state index is 0.0249. The lowest BCUT2D eigenvalue weighted by Gasteiger charge is -2.33. The molecule has 8 nitrogen and oxygen atoms in total. The van der Waals surface area contributed by atoms with E-state index in [0.29, 0.717) is 25.1 Å². The van der Waals surface area contributed by atoms with Gasteiger partial charge in [0.15, 0.2) is 5.96 Å². The molecule has 0 aliphatic heterocycles. The average molecular weight is 488 g/mol. The third-order valence-corrected chi connectivity index (χ3v) is 5.92. The van der Waals surface area contributed by atoms with E-state index in [0.717, 1.165) is 16.7 Å². The third-order valence-electron chi connectivity index (χ3n) is 5.92. The molecule has 0 saturated carbocycles. The Morgan fingerprint density at radius 1 is 0.889 bits per heavy atom. The van der Waals surface area contributed by atoms with Crippen molar-refractivity contribution >= 4 is 17.8 Å². The highest BCUT2D eigenvalue weighted by atomic mass is 16.5. The smallest absolute Gasteiger partial charge is 0.240 e. The number of carbonyl (C=O) groups is 2. The Morgan fingerprint density at radius 2 is 1.50 bits per heavy atom. The molecular formula is C28H33N5O3. The summed E-state index contributed by atoms with van der Waals surface area (Å²) < 4.78 is 5.36. The standard InChI is InChI=1S/C28H33N5O3/c1-36-23-15-8-10-20(18-23)19-33(24(26(29)34)16-9-17-32-28(30)31)27(35)25(21-11-4-2-5-12-21)22-13-6-3-7-14-22/h2-8,10-15,18,24-25H,9,16-17,19H2,1H3,(H2,29,34)(H4,30,31,32)/t24-/m0/s1. The molecule has 1 atom stereocenters. The fraction of sp³-hybridized carbons (Fsp3) is 0.250. The summed E-state index contributed by atoms with van der Waals surface area (Å²) in [5.74, 6) is -0.789. The van der Waals surface area contributed by atoms with Crippen LogP contribution in [0, 0.1) is 0 Å². The van der Waals surface area contributed by atoms with Gasteiger partial charge in [0.1, 0.15) is 11.8 Å². The van der Waals surface area contributed by atoms with E-state index in [4.69, 9.17) is 21.9 Å². The van der Waals surface area contributed by atoms with Gasteiger partial charge in [-0.2, -0.15) is 0 Å². The minimum Gasteiger partial charge on any atom is -0.497 e. The summed E-state index contributed by atoms with van der Waals surface area (Å²) in [5, 5.41) is 0. The molecule has 0 spiro atoms. The number of nitrogens with zero attached hydrogens (tertiary/aromatic N) is 2. The number of methoxy groups -OCH3 is 1. The Labute approximate surface area is 211 Å². The number of amides is 2.